The van der Waals surface area contributed by atoms with Crippen LogP contribution in [0.5, 0.6) is 0 Å². The van der Waals surface area contributed by atoms with Gasteiger partial charge in [-0.05, 0) is 24.7 Å². The van der Waals surface area contributed by atoms with Gasteiger partial charge in [0.2, 0.25) is 0 Å². The fourth-order valence-corrected chi connectivity index (χ4v) is 5.41. The van der Waals surface area contributed by atoms with Crippen molar-refractivity contribution >= 4 is 38.7 Å². The van der Waals surface area contributed by atoms with Crippen molar-refractivity contribution in [1.29, 1.82) is 0 Å². The van der Waals surface area contributed by atoms with Crippen molar-refractivity contribution in [2.45, 2.75) is 37.5 Å². The van der Waals surface area contributed by atoms with E-state index in [-0.39, 0.29) is 20.7 Å². The standard InChI is InChI=1S/C14H20ClNO3S2/c1-9-3-5-10(6-4-9)7-16-14(17)13-12(15)11(8-20-13)21(2,18)19/h8-10H,3-7H2,1-2H3,(H,16,17). The van der Waals surface area contributed by atoms with Gasteiger partial charge in [-0.3, -0.25) is 4.79 Å². The molecule has 21 heavy (non-hydrogen) atoms. The molecule has 0 radical (unpaired) electrons. The molecule has 118 valence electrons. The average molecular weight is 350 g/mol. The van der Waals surface area contributed by atoms with Gasteiger partial charge in [0.05, 0.1) is 9.92 Å². The molecule has 1 aliphatic rings. The lowest BCUT2D eigenvalue weighted by Gasteiger charge is -2.26. The summed E-state index contributed by atoms with van der Waals surface area (Å²) in [6.45, 7) is 2.89. The number of amides is 1. The number of carbonyl (C=O) groups is 1. The van der Waals surface area contributed by atoms with Crippen LogP contribution in [-0.4, -0.2) is 27.1 Å². The van der Waals surface area contributed by atoms with E-state index in [0.29, 0.717) is 12.5 Å². The maximum Gasteiger partial charge on any atom is 0.262 e. The van der Waals surface area contributed by atoms with Crippen LogP contribution < -0.4 is 5.32 Å². The zero-order chi connectivity index (χ0) is 15.6. The molecule has 1 heterocycles. The third-order valence-corrected chi connectivity index (χ3v) is 6.86. The molecule has 0 saturated heterocycles. The number of nitrogens with one attached hydrogen (secondary N) is 1. The van der Waals surface area contributed by atoms with Gasteiger partial charge < -0.3 is 5.32 Å². The summed E-state index contributed by atoms with van der Waals surface area (Å²) in [6.07, 6.45) is 5.77. The van der Waals surface area contributed by atoms with Gasteiger partial charge >= 0.3 is 0 Å². The number of carbonyl (C=O) groups excluding carboxylic acids is 1. The van der Waals surface area contributed by atoms with Gasteiger partial charge in [0.1, 0.15) is 4.88 Å². The van der Waals surface area contributed by atoms with Crippen molar-refractivity contribution in [2.75, 3.05) is 12.8 Å². The average Bonchev–Trinajstić information content (AvgIpc) is 2.79. The molecule has 0 aliphatic heterocycles. The van der Waals surface area contributed by atoms with E-state index in [1.165, 1.54) is 18.2 Å². The molecule has 0 bridgehead atoms. The van der Waals surface area contributed by atoms with Crippen LogP contribution in [0.1, 0.15) is 42.3 Å². The van der Waals surface area contributed by atoms with E-state index < -0.39 is 9.84 Å². The third-order valence-electron chi connectivity index (χ3n) is 3.99. The van der Waals surface area contributed by atoms with E-state index in [1.807, 2.05) is 0 Å². The molecular weight excluding hydrogens is 330 g/mol. The lowest BCUT2D eigenvalue weighted by Crippen LogP contribution is -2.30. The molecule has 7 heteroatoms. The molecule has 0 aromatic carbocycles. The summed E-state index contributed by atoms with van der Waals surface area (Å²) in [4.78, 5) is 12.4. The quantitative estimate of drug-likeness (QED) is 0.906. The second kappa shape index (κ2) is 6.67. The molecule has 4 nitrogen and oxygen atoms in total. The first-order chi connectivity index (χ1) is 9.79. The molecule has 0 unspecified atom stereocenters. The highest BCUT2D eigenvalue weighted by molar-refractivity contribution is 7.91. The predicted octanol–water partition coefficient (Wildman–Crippen LogP) is 3.36. The van der Waals surface area contributed by atoms with Crippen LogP contribution in [0.4, 0.5) is 0 Å². The van der Waals surface area contributed by atoms with Crippen LogP contribution in [0.15, 0.2) is 10.3 Å². The minimum absolute atomic E-state index is 0.0332. The van der Waals surface area contributed by atoms with Crippen LogP contribution in [-0.2, 0) is 9.84 Å². The summed E-state index contributed by atoms with van der Waals surface area (Å²) in [7, 11) is -3.39. The van der Waals surface area contributed by atoms with Crippen molar-refractivity contribution in [3.05, 3.63) is 15.3 Å². The summed E-state index contributed by atoms with van der Waals surface area (Å²) in [5.74, 6) is 1.01. The first kappa shape index (κ1) is 16.8. The number of sulfone groups is 1. The van der Waals surface area contributed by atoms with Gasteiger partial charge in [-0.15, -0.1) is 11.3 Å². The van der Waals surface area contributed by atoms with Crippen molar-refractivity contribution < 1.29 is 13.2 Å². The minimum Gasteiger partial charge on any atom is -0.351 e. The summed E-state index contributed by atoms with van der Waals surface area (Å²) in [6, 6.07) is 0. The van der Waals surface area contributed by atoms with Crippen molar-refractivity contribution in [2.24, 2.45) is 11.8 Å². The fourth-order valence-electron chi connectivity index (χ4n) is 2.58. The first-order valence-corrected chi connectivity index (χ1v) is 10.2. The zero-order valence-corrected chi connectivity index (χ0v) is 14.6. The van der Waals surface area contributed by atoms with Gasteiger partial charge in [-0.2, -0.15) is 0 Å². The zero-order valence-electron chi connectivity index (χ0n) is 12.2. The normalized spacial score (nSPS) is 23.0. The summed E-state index contributed by atoms with van der Waals surface area (Å²) in [5, 5.41) is 4.35. The molecule has 1 saturated carbocycles. The van der Waals surface area contributed by atoms with Crippen LogP contribution in [0.25, 0.3) is 0 Å². The Labute approximate surface area is 134 Å². The highest BCUT2D eigenvalue weighted by atomic mass is 35.5. The van der Waals surface area contributed by atoms with Gasteiger partial charge in [0.25, 0.3) is 5.91 Å². The Bertz CT molecular complexity index is 616. The van der Waals surface area contributed by atoms with E-state index in [1.54, 1.807) is 0 Å². The maximum absolute atomic E-state index is 12.1. The minimum atomic E-state index is -3.39. The lowest BCUT2D eigenvalue weighted by molar-refractivity contribution is 0.0946. The summed E-state index contributed by atoms with van der Waals surface area (Å²) < 4.78 is 23.0. The smallest absolute Gasteiger partial charge is 0.262 e. The Balaban J connectivity index is 1.97. The maximum atomic E-state index is 12.1. The van der Waals surface area contributed by atoms with E-state index in [9.17, 15) is 13.2 Å². The van der Waals surface area contributed by atoms with E-state index >= 15 is 0 Å². The van der Waals surface area contributed by atoms with Crippen LogP contribution in [0, 0.1) is 11.8 Å². The second-order valence-electron chi connectivity index (χ2n) is 5.85. The molecule has 1 aromatic heterocycles. The SMILES string of the molecule is CC1CCC(CNC(=O)c2scc(S(C)(=O)=O)c2Cl)CC1. The number of hydrogen-bond acceptors (Lipinski definition) is 4. The van der Waals surface area contributed by atoms with Crippen LogP contribution in [0.2, 0.25) is 5.02 Å². The van der Waals surface area contributed by atoms with Crippen LogP contribution in [0.3, 0.4) is 0 Å². The largest absolute Gasteiger partial charge is 0.351 e. The molecule has 0 spiro atoms. The Morgan fingerprint density at radius 2 is 2.00 bits per heavy atom. The Morgan fingerprint density at radius 3 is 2.52 bits per heavy atom. The first-order valence-electron chi connectivity index (χ1n) is 7.04. The highest BCUT2D eigenvalue weighted by Gasteiger charge is 2.23. The third kappa shape index (κ3) is 4.20. The lowest BCUT2D eigenvalue weighted by atomic mass is 9.83. The van der Waals surface area contributed by atoms with E-state index in [0.717, 1.165) is 36.4 Å². The number of thiophene rings is 1. The Kier molecular flexibility index (Phi) is 5.33. The van der Waals surface area contributed by atoms with Gasteiger partial charge in [-0.1, -0.05) is 31.4 Å². The molecular formula is C14H20ClNO3S2. The summed E-state index contributed by atoms with van der Waals surface area (Å²) in [5.41, 5.74) is 0. The Hall–Kier alpha value is -0.590. The number of hydrogen-bond donors (Lipinski definition) is 1. The number of rotatable bonds is 4. The molecule has 1 aromatic rings. The Morgan fingerprint density at radius 1 is 1.38 bits per heavy atom. The van der Waals surface area contributed by atoms with E-state index in [4.69, 9.17) is 11.6 Å². The van der Waals surface area contributed by atoms with Crippen molar-refractivity contribution in [3.63, 3.8) is 0 Å². The topological polar surface area (TPSA) is 63.2 Å². The van der Waals surface area contributed by atoms with Crippen molar-refractivity contribution in [3.8, 4) is 0 Å². The molecule has 1 amide bonds. The van der Waals surface area contributed by atoms with Crippen LogP contribution >= 0.6 is 22.9 Å². The van der Waals surface area contributed by atoms with E-state index in [2.05, 4.69) is 12.2 Å². The molecule has 1 N–H and O–H groups in total. The molecule has 1 fully saturated rings. The van der Waals surface area contributed by atoms with Crippen molar-refractivity contribution in [1.82, 2.24) is 5.32 Å². The second-order valence-corrected chi connectivity index (χ2v) is 9.09. The number of halogens is 1. The highest BCUT2D eigenvalue weighted by Crippen LogP contribution is 2.32. The monoisotopic (exact) mass is 349 g/mol. The van der Waals surface area contributed by atoms with Gasteiger partial charge in [-0.25, -0.2) is 8.42 Å². The summed E-state index contributed by atoms with van der Waals surface area (Å²) >= 11 is 7.09. The fraction of sp³-hybridized carbons (Fsp3) is 0.643. The van der Waals surface area contributed by atoms with Gasteiger partial charge in [0, 0.05) is 18.2 Å². The predicted molar refractivity (Wildman–Crippen MR) is 85.9 cm³/mol. The molecule has 1 aliphatic carbocycles. The molecule has 2 rings (SSSR count). The molecule has 0 atom stereocenters. The van der Waals surface area contributed by atoms with Gasteiger partial charge in [0.15, 0.2) is 9.84 Å².